The van der Waals surface area contributed by atoms with E-state index in [1.807, 2.05) is 0 Å². The van der Waals surface area contributed by atoms with Crippen LogP contribution in [-0.4, -0.2) is 135 Å². The minimum Gasteiger partial charge on any atom is -0.479 e. The van der Waals surface area contributed by atoms with Crippen LogP contribution in [0.15, 0.2) is 0 Å². The normalized spacial score (nSPS) is 19.6. The molecule has 8 atom stereocenters. The summed E-state index contributed by atoms with van der Waals surface area (Å²) in [6.45, 7) is -1.69. The number of carboxylic acid groups (broad SMARTS) is 2. The molecule has 0 fully saturated rings. The number of aliphatic carboxylic acids is 2. The summed E-state index contributed by atoms with van der Waals surface area (Å²) < 4.78 is 0. The molecule has 166 valence electrons. The van der Waals surface area contributed by atoms with Gasteiger partial charge in [0.1, 0.15) is 36.6 Å². The van der Waals surface area contributed by atoms with Crippen molar-refractivity contribution in [3.05, 3.63) is 0 Å². The van der Waals surface area contributed by atoms with Gasteiger partial charge in [-0.3, -0.25) is 0 Å². The maximum Gasteiger partial charge on any atom is 0.335 e. The SMILES string of the molecule is O=C(O)[C@H](O)[C@@H](O)[C@H](O)[C@H](O)CO.O=C(O)[C@H](O)[C@@H](O)[C@H](O)[C@H](O)CO.[Ni]. The van der Waals surface area contributed by atoms with E-state index in [0.717, 1.165) is 0 Å². The predicted octanol–water partition coefficient (Wildman–Crippen LogP) is -6.99. The van der Waals surface area contributed by atoms with Gasteiger partial charge >= 0.3 is 11.9 Å². The number of hydrogen-bond acceptors (Lipinski definition) is 12. The molecule has 14 nitrogen and oxygen atoms in total. The van der Waals surface area contributed by atoms with E-state index in [2.05, 4.69) is 0 Å². The van der Waals surface area contributed by atoms with Crippen LogP contribution in [-0.2, 0) is 26.1 Å². The van der Waals surface area contributed by atoms with Gasteiger partial charge in [-0.1, -0.05) is 0 Å². The molecule has 12 N–H and O–H groups in total. The largest absolute Gasteiger partial charge is 0.479 e. The molecule has 0 aliphatic rings. The van der Waals surface area contributed by atoms with Gasteiger partial charge in [0.15, 0.2) is 12.2 Å². The van der Waals surface area contributed by atoms with E-state index in [4.69, 9.17) is 61.3 Å². The molecule has 0 amide bonds. The van der Waals surface area contributed by atoms with E-state index in [1.165, 1.54) is 0 Å². The van der Waals surface area contributed by atoms with Crippen molar-refractivity contribution in [3.63, 3.8) is 0 Å². The van der Waals surface area contributed by atoms with E-state index >= 15 is 0 Å². The fourth-order valence-corrected chi connectivity index (χ4v) is 1.34. The first-order valence-corrected chi connectivity index (χ1v) is 6.95. The molecule has 0 unspecified atom stereocenters. The predicted molar refractivity (Wildman–Crippen MR) is 77.5 cm³/mol. The first kappa shape index (κ1) is 30.8. The van der Waals surface area contributed by atoms with Crippen molar-refractivity contribution in [2.24, 2.45) is 0 Å². The molecule has 27 heavy (non-hydrogen) atoms. The van der Waals surface area contributed by atoms with Crippen molar-refractivity contribution < 1.29 is 87.4 Å². The summed E-state index contributed by atoms with van der Waals surface area (Å²) in [5, 5.41) is 104. The second kappa shape index (κ2) is 15.0. The number of aliphatic hydroxyl groups excluding tert-OH is 10. The Kier molecular flexibility index (Phi) is 17.1. The van der Waals surface area contributed by atoms with E-state index in [0.29, 0.717) is 0 Å². The van der Waals surface area contributed by atoms with Crippen molar-refractivity contribution in [2.75, 3.05) is 13.2 Å². The Hall–Kier alpha value is -0.966. The molecule has 0 aliphatic heterocycles. The van der Waals surface area contributed by atoms with Crippen LogP contribution >= 0.6 is 0 Å². The fourth-order valence-electron chi connectivity index (χ4n) is 1.34. The molecule has 0 rings (SSSR count). The molecule has 0 aromatic heterocycles. The summed E-state index contributed by atoms with van der Waals surface area (Å²) in [5.74, 6) is -3.45. The molecule has 0 aliphatic carbocycles. The zero-order valence-corrected chi connectivity index (χ0v) is 14.5. The first-order chi connectivity index (χ1) is 11.8. The zero-order valence-electron chi connectivity index (χ0n) is 13.5. The summed E-state index contributed by atoms with van der Waals surface area (Å²) in [7, 11) is 0. The fraction of sp³-hybridized carbons (Fsp3) is 0.833. The quantitative estimate of drug-likeness (QED) is 0.138. The van der Waals surface area contributed by atoms with E-state index in [-0.39, 0.29) is 16.5 Å². The van der Waals surface area contributed by atoms with Gasteiger partial charge in [-0.15, -0.1) is 0 Å². The Morgan fingerprint density at radius 1 is 0.556 bits per heavy atom. The van der Waals surface area contributed by atoms with Gasteiger partial charge in [0.25, 0.3) is 0 Å². The van der Waals surface area contributed by atoms with Crippen molar-refractivity contribution in [3.8, 4) is 0 Å². The van der Waals surface area contributed by atoms with Gasteiger partial charge in [0, 0.05) is 16.5 Å². The van der Waals surface area contributed by atoms with Gasteiger partial charge in [-0.25, -0.2) is 9.59 Å². The third kappa shape index (κ3) is 10.8. The minimum atomic E-state index is -2.20. The van der Waals surface area contributed by atoms with Crippen LogP contribution in [0.25, 0.3) is 0 Å². The van der Waals surface area contributed by atoms with Crippen LogP contribution in [0.2, 0.25) is 0 Å². The first-order valence-electron chi connectivity index (χ1n) is 6.95. The van der Waals surface area contributed by atoms with E-state index in [9.17, 15) is 9.59 Å². The summed E-state index contributed by atoms with van der Waals surface area (Å²) in [5.41, 5.74) is 0. The van der Waals surface area contributed by atoms with Crippen molar-refractivity contribution in [2.45, 2.75) is 48.8 Å². The second-order valence-electron chi connectivity index (χ2n) is 5.03. The van der Waals surface area contributed by atoms with Crippen LogP contribution in [0.3, 0.4) is 0 Å². The molecule has 0 heterocycles. The standard InChI is InChI=1S/2C6H12O7.Ni/c2*7-1-2(8)3(9)4(10)5(11)6(12)13;/h2*2-5,7-11H,1H2,(H,12,13);/t2*2-,3-,4+,5-;/m11./s1. The third-order valence-electron chi connectivity index (χ3n) is 3.02. The van der Waals surface area contributed by atoms with Crippen LogP contribution in [0.1, 0.15) is 0 Å². The third-order valence-corrected chi connectivity index (χ3v) is 3.02. The van der Waals surface area contributed by atoms with Crippen LogP contribution in [0, 0.1) is 0 Å². The Morgan fingerprint density at radius 2 is 0.778 bits per heavy atom. The van der Waals surface area contributed by atoms with Crippen LogP contribution < -0.4 is 0 Å². The molecule has 0 saturated heterocycles. The summed E-state index contributed by atoms with van der Waals surface area (Å²) in [4.78, 5) is 20.2. The van der Waals surface area contributed by atoms with E-state index in [1.54, 1.807) is 0 Å². The molecule has 0 bridgehead atoms. The molecule has 0 aromatic carbocycles. The van der Waals surface area contributed by atoms with Gasteiger partial charge < -0.3 is 61.3 Å². The number of aliphatic hydroxyl groups is 10. The molecule has 15 heteroatoms. The van der Waals surface area contributed by atoms with Crippen molar-refractivity contribution >= 4 is 11.9 Å². The smallest absolute Gasteiger partial charge is 0.335 e. The zero-order chi connectivity index (χ0) is 21.2. The molecular formula is C12H24NiO14. The monoisotopic (exact) mass is 450 g/mol. The molecule has 0 spiro atoms. The van der Waals surface area contributed by atoms with E-state index < -0.39 is 74.0 Å². The van der Waals surface area contributed by atoms with Crippen LogP contribution in [0.5, 0.6) is 0 Å². The topological polar surface area (TPSA) is 277 Å². The minimum absolute atomic E-state index is 0. The second-order valence-corrected chi connectivity index (χ2v) is 5.03. The molecule has 0 aromatic rings. The van der Waals surface area contributed by atoms with Crippen LogP contribution in [0.4, 0.5) is 0 Å². The number of hydrogen-bond donors (Lipinski definition) is 12. The Bertz CT molecular complexity index is 385. The Balaban J connectivity index is -0.000000411. The number of carboxylic acids is 2. The summed E-state index contributed by atoms with van der Waals surface area (Å²) >= 11 is 0. The molecular weight excluding hydrogens is 427 g/mol. The Labute approximate surface area is 162 Å². The van der Waals surface area contributed by atoms with Crippen molar-refractivity contribution in [1.82, 2.24) is 0 Å². The maximum atomic E-state index is 10.1. The summed E-state index contributed by atoms with van der Waals surface area (Å²) in [6.07, 6.45) is -15.7. The summed E-state index contributed by atoms with van der Waals surface area (Å²) in [6, 6.07) is 0. The van der Waals surface area contributed by atoms with Gasteiger partial charge in [0.2, 0.25) is 0 Å². The average Bonchev–Trinajstić information content (AvgIpc) is 2.62. The number of rotatable bonds is 10. The Morgan fingerprint density at radius 3 is 0.926 bits per heavy atom. The number of carbonyl (C=O) groups is 2. The van der Waals surface area contributed by atoms with Crippen molar-refractivity contribution in [1.29, 1.82) is 0 Å². The van der Waals surface area contributed by atoms with Gasteiger partial charge in [0.05, 0.1) is 13.2 Å². The molecule has 0 saturated carbocycles. The average molecular weight is 451 g/mol. The molecule has 0 radical (unpaired) electrons. The van der Waals surface area contributed by atoms with Gasteiger partial charge in [-0.05, 0) is 0 Å². The van der Waals surface area contributed by atoms with Gasteiger partial charge in [-0.2, -0.15) is 0 Å². The maximum absolute atomic E-state index is 10.1.